The summed E-state index contributed by atoms with van der Waals surface area (Å²) in [7, 11) is 1.19. The third kappa shape index (κ3) is 3.73. The lowest BCUT2D eigenvalue weighted by molar-refractivity contribution is -0.151. The van der Waals surface area contributed by atoms with E-state index in [2.05, 4.69) is 4.74 Å². The number of phenols is 1. The average molecular weight is 222 g/mol. The molecule has 0 spiro atoms. The van der Waals surface area contributed by atoms with Crippen LogP contribution in [-0.4, -0.2) is 24.0 Å². The van der Waals surface area contributed by atoms with Gasteiger partial charge in [-0.2, -0.15) is 0 Å². The molecule has 0 saturated heterocycles. The monoisotopic (exact) mass is 222 g/mol. The summed E-state index contributed by atoms with van der Waals surface area (Å²) in [6, 6.07) is 6.77. The van der Waals surface area contributed by atoms with Crippen LogP contribution < -0.4 is 0 Å². The van der Waals surface area contributed by atoms with E-state index in [1.54, 1.807) is 24.3 Å². The lowest BCUT2D eigenvalue weighted by Gasteiger charge is -2.01. The number of hydrogen-bond acceptors (Lipinski definition) is 4. The Hall–Kier alpha value is -1.84. The number of esters is 1. The van der Waals surface area contributed by atoms with Gasteiger partial charge >= 0.3 is 5.97 Å². The lowest BCUT2D eigenvalue weighted by Crippen LogP contribution is -2.15. The molecule has 4 heteroatoms. The molecule has 0 heterocycles. The lowest BCUT2D eigenvalue weighted by atomic mass is 10.1. The Kier molecular flexibility index (Phi) is 4.51. The minimum atomic E-state index is -0.786. The fraction of sp³-hybridized carbons (Fsp3) is 0.333. The number of methoxy groups -OCH3 is 1. The highest BCUT2D eigenvalue weighted by Crippen LogP contribution is 2.11. The Morgan fingerprint density at radius 2 is 1.88 bits per heavy atom. The number of aromatic hydroxyl groups is 1. The summed E-state index contributed by atoms with van der Waals surface area (Å²) >= 11 is 0. The van der Waals surface area contributed by atoms with Gasteiger partial charge in [0.2, 0.25) is 5.78 Å². The van der Waals surface area contributed by atoms with Gasteiger partial charge in [0.25, 0.3) is 0 Å². The van der Waals surface area contributed by atoms with Crippen LogP contribution in [0.5, 0.6) is 5.75 Å². The van der Waals surface area contributed by atoms with E-state index < -0.39 is 11.8 Å². The molecule has 16 heavy (non-hydrogen) atoms. The maximum absolute atomic E-state index is 11.1. The molecule has 0 amide bonds. The van der Waals surface area contributed by atoms with Crippen molar-refractivity contribution in [1.82, 2.24) is 0 Å². The summed E-state index contributed by atoms with van der Waals surface area (Å²) in [6.45, 7) is 0. The van der Waals surface area contributed by atoms with Crippen LogP contribution in [-0.2, 0) is 20.7 Å². The largest absolute Gasteiger partial charge is 0.508 e. The second-order valence-corrected chi connectivity index (χ2v) is 3.43. The topological polar surface area (TPSA) is 63.6 Å². The van der Waals surface area contributed by atoms with Crippen LogP contribution in [0.15, 0.2) is 24.3 Å². The molecule has 1 aromatic carbocycles. The van der Waals surface area contributed by atoms with Crippen LogP contribution in [0.2, 0.25) is 0 Å². The number of aryl methyl sites for hydroxylation is 1. The quantitative estimate of drug-likeness (QED) is 0.605. The molecule has 1 N–H and O–H groups in total. The van der Waals surface area contributed by atoms with Crippen molar-refractivity contribution >= 4 is 11.8 Å². The highest BCUT2D eigenvalue weighted by atomic mass is 16.5. The standard InChI is InChI=1S/C12H14O4/c1-16-12(15)11(14)4-2-3-9-5-7-10(13)8-6-9/h5-8,13H,2-4H2,1H3. The second kappa shape index (κ2) is 5.90. The van der Waals surface area contributed by atoms with Crippen molar-refractivity contribution in [2.24, 2.45) is 0 Å². The van der Waals surface area contributed by atoms with Crippen molar-refractivity contribution in [2.75, 3.05) is 7.11 Å². The number of phenolic OH excluding ortho intramolecular Hbond substituents is 1. The van der Waals surface area contributed by atoms with Crippen molar-refractivity contribution < 1.29 is 19.4 Å². The Bertz CT molecular complexity index is 367. The summed E-state index contributed by atoms with van der Waals surface area (Å²) in [5, 5.41) is 9.06. The summed E-state index contributed by atoms with van der Waals surface area (Å²) in [5.74, 6) is -1.07. The Balaban J connectivity index is 2.33. The first-order valence-electron chi connectivity index (χ1n) is 5.02. The fourth-order valence-corrected chi connectivity index (χ4v) is 1.33. The van der Waals surface area contributed by atoms with Gasteiger partial charge in [-0.1, -0.05) is 12.1 Å². The van der Waals surface area contributed by atoms with E-state index in [0.29, 0.717) is 12.8 Å². The summed E-state index contributed by atoms with van der Waals surface area (Å²) in [4.78, 5) is 21.9. The van der Waals surface area contributed by atoms with E-state index >= 15 is 0 Å². The smallest absolute Gasteiger partial charge is 0.374 e. The highest BCUT2D eigenvalue weighted by Gasteiger charge is 2.12. The van der Waals surface area contributed by atoms with Gasteiger partial charge in [0.1, 0.15) is 5.75 Å². The van der Waals surface area contributed by atoms with Crippen LogP contribution in [0.3, 0.4) is 0 Å². The van der Waals surface area contributed by atoms with Crippen LogP contribution in [0.4, 0.5) is 0 Å². The van der Waals surface area contributed by atoms with Crippen LogP contribution in [0.1, 0.15) is 18.4 Å². The molecule has 0 aliphatic rings. The number of Topliss-reactive ketones (excluding diaryl/α,β-unsaturated/α-hetero) is 1. The normalized spacial score (nSPS) is 9.81. The van der Waals surface area contributed by atoms with Crippen molar-refractivity contribution in [3.8, 4) is 5.75 Å². The van der Waals surface area contributed by atoms with Gasteiger partial charge in [0.15, 0.2) is 0 Å². The molecule has 0 aliphatic heterocycles. The molecule has 0 radical (unpaired) electrons. The van der Waals surface area contributed by atoms with E-state index in [0.717, 1.165) is 5.56 Å². The molecular formula is C12H14O4. The summed E-state index contributed by atoms with van der Waals surface area (Å²) < 4.78 is 4.31. The molecular weight excluding hydrogens is 208 g/mol. The minimum absolute atomic E-state index is 0.188. The summed E-state index contributed by atoms with van der Waals surface area (Å²) in [6.07, 6.45) is 1.48. The molecule has 0 unspecified atom stereocenters. The van der Waals surface area contributed by atoms with Crippen molar-refractivity contribution in [3.63, 3.8) is 0 Å². The van der Waals surface area contributed by atoms with Gasteiger partial charge in [-0.3, -0.25) is 4.79 Å². The fourth-order valence-electron chi connectivity index (χ4n) is 1.33. The molecule has 0 aliphatic carbocycles. The van der Waals surface area contributed by atoms with Gasteiger partial charge < -0.3 is 9.84 Å². The highest BCUT2D eigenvalue weighted by molar-refractivity contribution is 6.33. The zero-order valence-corrected chi connectivity index (χ0v) is 9.10. The number of ether oxygens (including phenoxy) is 1. The second-order valence-electron chi connectivity index (χ2n) is 3.43. The van der Waals surface area contributed by atoms with E-state index in [4.69, 9.17) is 5.11 Å². The first-order valence-corrected chi connectivity index (χ1v) is 5.02. The predicted octanol–water partition coefficient (Wildman–Crippen LogP) is 1.46. The summed E-state index contributed by atoms with van der Waals surface area (Å²) in [5.41, 5.74) is 1.02. The maximum Gasteiger partial charge on any atom is 0.374 e. The SMILES string of the molecule is COC(=O)C(=O)CCCc1ccc(O)cc1. The van der Waals surface area contributed by atoms with Gasteiger partial charge in [-0.05, 0) is 30.5 Å². The van der Waals surface area contributed by atoms with Crippen molar-refractivity contribution in [2.45, 2.75) is 19.3 Å². The first kappa shape index (κ1) is 12.2. The number of rotatable bonds is 5. The first-order chi connectivity index (χ1) is 7.63. The van der Waals surface area contributed by atoms with Gasteiger partial charge in [-0.15, -0.1) is 0 Å². The zero-order valence-electron chi connectivity index (χ0n) is 9.10. The van der Waals surface area contributed by atoms with Crippen LogP contribution >= 0.6 is 0 Å². The van der Waals surface area contributed by atoms with E-state index in [-0.39, 0.29) is 12.2 Å². The number of hydrogen-bond donors (Lipinski definition) is 1. The number of benzene rings is 1. The molecule has 0 aromatic heterocycles. The predicted molar refractivity (Wildman–Crippen MR) is 58.1 cm³/mol. The third-order valence-electron chi connectivity index (χ3n) is 2.22. The Morgan fingerprint density at radius 3 is 2.44 bits per heavy atom. The Labute approximate surface area is 93.9 Å². The number of carbonyl (C=O) groups excluding carboxylic acids is 2. The maximum atomic E-state index is 11.1. The molecule has 1 aromatic rings. The molecule has 86 valence electrons. The van der Waals surface area contributed by atoms with Crippen molar-refractivity contribution in [1.29, 1.82) is 0 Å². The minimum Gasteiger partial charge on any atom is -0.508 e. The Morgan fingerprint density at radius 1 is 1.25 bits per heavy atom. The molecule has 0 saturated carbocycles. The molecule has 4 nitrogen and oxygen atoms in total. The van der Waals surface area contributed by atoms with E-state index in [1.165, 1.54) is 7.11 Å². The third-order valence-corrected chi connectivity index (χ3v) is 2.22. The molecule has 0 atom stereocenters. The van der Waals surface area contributed by atoms with E-state index in [1.807, 2.05) is 0 Å². The molecule has 0 fully saturated rings. The van der Waals surface area contributed by atoms with Crippen molar-refractivity contribution in [3.05, 3.63) is 29.8 Å². The molecule has 0 bridgehead atoms. The average Bonchev–Trinajstić information content (AvgIpc) is 2.30. The number of ketones is 1. The van der Waals surface area contributed by atoms with Crippen LogP contribution in [0, 0.1) is 0 Å². The number of carbonyl (C=O) groups is 2. The van der Waals surface area contributed by atoms with Gasteiger partial charge in [-0.25, -0.2) is 4.79 Å². The van der Waals surface area contributed by atoms with Gasteiger partial charge in [0.05, 0.1) is 7.11 Å². The van der Waals surface area contributed by atoms with Crippen LogP contribution in [0.25, 0.3) is 0 Å². The zero-order chi connectivity index (χ0) is 12.0. The molecule has 1 rings (SSSR count). The van der Waals surface area contributed by atoms with E-state index in [9.17, 15) is 9.59 Å². The van der Waals surface area contributed by atoms with Gasteiger partial charge in [0, 0.05) is 6.42 Å².